The molecule has 33 heavy (non-hydrogen) atoms. The molecule has 0 spiro atoms. The van der Waals surface area contributed by atoms with E-state index in [-0.39, 0.29) is 24.4 Å². The zero-order chi connectivity index (χ0) is 23.6. The molecule has 11 heteroatoms. The summed E-state index contributed by atoms with van der Waals surface area (Å²) >= 11 is 4.76. The molecule has 2 aliphatic heterocycles. The molecule has 1 aromatic carbocycles. The minimum absolute atomic E-state index is 0.00485. The average molecular weight is 482 g/mol. The van der Waals surface area contributed by atoms with Crippen molar-refractivity contribution in [1.82, 2.24) is 15.6 Å². The second kappa shape index (κ2) is 9.38. The number of pyridine rings is 1. The monoisotopic (exact) mass is 481 g/mol. The van der Waals surface area contributed by atoms with Crippen molar-refractivity contribution in [3.8, 4) is 5.75 Å². The Morgan fingerprint density at radius 1 is 1.27 bits per heavy atom. The van der Waals surface area contributed by atoms with Crippen molar-refractivity contribution in [2.75, 3.05) is 23.3 Å². The molecule has 176 valence electrons. The highest BCUT2D eigenvalue weighted by molar-refractivity contribution is 6.20. The van der Waals surface area contributed by atoms with Gasteiger partial charge in [-0.05, 0) is 43.7 Å². The van der Waals surface area contributed by atoms with Gasteiger partial charge in [0.05, 0.1) is 18.2 Å². The predicted octanol–water partition coefficient (Wildman–Crippen LogP) is 4.14. The van der Waals surface area contributed by atoms with Gasteiger partial charge in [0.25, 0.3) is 5.91 Å². The van der Waals surface area contributed by atoms with Crippen molar-refractivity contribution in [3.05, 3.63) is 60.1 Å². The number of halogens is 4. The van der Waals surface area contributed by atoms with Crippen LogP contribution in [-0.2, 0) is 0 Å². The second-order valence-electron chi connectivity index (χ2n) is 7.93. The van der Waals surface area contributed by atoms with Crippen LogP contribution in [0.5, 0.6) is 5.75 Å². The first kappa shape index (κ1) is 23.0. The Kier molecular flexibility index (Phi) is 6.55. The number of anilines is 2. The largest absolute Gasteiger partial charge is 0.487 e. The van der Waals surface area contributed by atoms with E-state index in [1.54, 1.807) is 18.5 Å². The fourth-order valence-electron chi connectivity index (χ4n) is 3.90. The van der Waals surface area contributed by atoms with Crippen LogP contribution in [0.3, 0.4) is 0 Å². The van der Waals surface area contributed by atoms with Gasteiger partial charge in [-0.3, -0.25) is 4.79 Å². The highest BCUT2D eigenvalue weighted by Crippen LogP contribution is 2.32. The zero-order valence-electron chi connectivity index (χ0n) is 17.7. The smallest absolute Gasteiger partial charge is 0.420 e. The minimum Gasteiger partial charge on any atom is -0.420 e. The van der Waals surface area contributed by atoms with Crippen LogP contribution < -0.4 is 25.6 Å². The molecule has 4 rings (SSSR count). The maximum Gasteiger partial charge on any atom is 0.487 e. The van der Waals surface area contributed by atoms with Crippen LogP contribution in [0, 0.1) is 0 Å². The molecule has 3 N–H and O–H groups in total. The van der Waals surface area contributed by atoms with Gasteiger partial charge in [-0.1, -0.05) is 0 Å². The van der Waals surface area contributed by atoms with Gasteiger partial charge in [0.15, 0.2) is 0 Å². The molecule has 1 amide bonds. The topological polar surface area (TPSA) is 78.5 Å². The number of rotatable bonds is 6. The molecule has 2 unspecified atom stereocenters. The van der Waals surface area contributed by atoms with E-state index in [0.29, 0.717) is 30.0 Å². The van der Waals surface area contributed by atoms with Crippen LogP contribution in [-0.4, -0.2) is 41.8 Å². The van der Waals surface area contributed by atoms with Gasteiger partial charge in [-0.15, -0.1) is 8.78 Å². The van der Waals surface area contributed by atoms with E-state index >= 15 is 0 Å². The summed E-state index contributed by atoms with van der Waals surface area (Å²) in [6.45, 7) is 2.80. The Morgan fingerprint density at radius 3 is 2.64 bits per heavy atom. The number of aromatic nitrogens is 1. The van der Waals surface area contributed by atoms with E-state index in [9.17, 15) is 18.0 Å². The number of nitrogens with zero attached hydrogens (tertiary/aromatic N) is 2. The van der Waals surface area contributed by atoms with Gasteiger partial charge in [0.2, 0.25) is 0 Å². The van der Waals surface area contributed by atoms with Gasteiger partial charge in [0.1, 0.15) is 17.7 Å². The van der Waals surface area contributed by atoms with Crippen LogP contribution in [0.1, 0.15) is 35.3 Å². The van der Waals surface area contributed by atoms with Crippen LogP contribution >= 0.6 is 11.6 Å². The number of benzene rings is 1. The molecule has 1 saturated heterocycles. The first-order valence-electron chi connectivity index (χ1n) is 10.4. The summed E-state index contributed by atoms with van der Waals surface area (Å²) in [4.78, 5) is 19.3. The number of carbonyl (C=O) groups excluding carboxylic acids is 1. The highest BCUT2D eigenvalue weighted by atomic mass is 35.5. The molecular formula is C22H23ClF3N5O2. The number of carbonyl (C=O) groups is 1. The van der Waals surface area contributed by atoms with Crippen molar-refractivity contribution < 1.29 is 22.7 Å². The summed E-state index contributed by atoms with van der Waals surface area (Å²) in [7, 11) is 0. The Morgan fingerprint density at radius 2 is 2.00 bits per heavy atom. The molecule has 3 heterocycles. The zero-order valence-corrected chi connectivity index (χ0v) is 18.5. The molecule has 0 bridgehead atoms. The SMILES string of the molecule is CC1NC=CNC1c1cc(C(=O)Nc2ccc(OC(F)(F)Cl)cc2)cnc1N1CC[C@@H](F)C1. The third kappa shape index (κ3) is 5.62. The van der Waals surface area contributed by atoms with Crippen LogP contribution in [0.2, 0.25) is 0 Å². The van der Waals surface area contributed by atoms with E-state index in [1.807, 2.05) is 11.8 Å². The number of alkyl halides is 4. The molecule has 1 aromatic heterocycles. The minimum atomic E-state index is -3.82. The number of ether oxygens (including phenoxy) is 1. The van der Waals surface area contributed by atoms with Crippen LogP contribution in [0.4, 0.5) is 24.7 Å². The van der Waals surface area contributed by atoms with Gasteiger partial charge in [0, 0.05) is 54.0 Å². The van der Waals surface area contributed by atoms with Crippen molar-refractivity contribution in [1.29, 1.82) is 0 Å². The average Bonchev–Trinajstić information content (AvgIpc) is 3.20. The second-order valence-corrected chi connectivity index (χ2v) is 8.37. The van der Waals surface area contributed by atoms with Gasteiger partial charge in [-0.2, -0.15) is 0 Å². The first-order chi connectivity index (χ1) is 15.7. The Bertz CT molecular complexity index is 1030. The van der Waals surface area contributed by atoms with Crippen molar-refractivity contribution >= 4 is 29.0 Å². The summed E-state index contributed by atoms with van der Waals surface area (Å²) in [6, 6.07) is 6.94. The van der Waals surface area contributed by atoms with E-state index < -0.39 is 17.6 Å². The van der Waals surface area contributed by atoms with Crippen LogP contribution in [0.25, 0.3) is 0 Å². The molecule has 3 atom stereocenters. The predicted molar refractivity (Wildman–Crippen MR) is 119 cm³/mol. The fraction of sp³-hybridized carbons (Fsp3) is 0.364. The lowest BCUT2D eigenvalue weighted by atomic mass is 9.98. The normalized spacial score (nSPS) is 22.5. The van der Waals surface area contributed by atoms with Gasteiger partial charge in [-0.25, -0.2) is 9.37 Å². The Hall–Kier alpha value is -3.14. The maximum absolute atomic E-state index is 13.8. The molecule has 0 radical (unpaired) electrons. The standard InChI is InChI=1S/C22H23ClF3N5O2/c1-13-19(28-8-7-27-13)18-10-14(11-29-20(18)31-9-6-15(24)12-31)21(32)30-16-2-4-17(5-3-16)33-22(23,25)26/h2-5,7-8,10-11,13,15,19,27-28H,6,9,12H2,1H3,(H,30,32)/t13?,15-,19?/m1/s1. The van der Waals surface area contributed by atoms with E-state index in [1.165, 1.54) is 30.5 Å². The fourth-order valence-corrected chi connectivity index (χ4v) is 3.99. The lowest BCUT2D eigenvalue weighted by Crippen LogP contribution is -2.40. The molecule has 0 aliphatic carbocycles. The summed E-state index contributed by atoms with van der Waals surface area (Å²) in [5.74, 6) is 0.0658. The quantitative estimate of drug-likeness (QED) is 0.538. The third-order valence-electron chi connectivity index (χ3n) is 5.49. The van der Waals surface area contributed by atoms with Gasteiger partial charge < -0.3 is 25.6 Å². The van der Waals surface area contributed by atoms with E-state index in [0.717, 1.165) is 5.56 Å². The summed E-state index contributed by atoms with van der Waals surface area (Å²) in [5, 5.41) is 9.22. The molecule has 0 saturated carbocycles. The summed E-state index contributed by atoms with van der Waals surface area (Å²) < 4.78 is 43.6. The lowest BCUT2D eigenvalue weighted by Gasteiger charge is -2.32. The van der Waals surface area contributed by atoms with Crippen molar-refractivity contribution in [2.45, 2.75) is 37.2 Å². The number of hydrogen-bond acceptors (Lipinski definition) is 6. The molecule has 2 aliphatic rings. The Labute approximate surface area is 194 Å². The van der Waals surface area contributed by atoms with Crippen molar-refractivity contribution in [3.63, 3.8) is 0 Å². The number of nitrogens with one attached hydrogen (secondary N) is 3. The lowest BCUT2D eigenvalue weighted by molar-refractivity contribution is -0.0964. The first-order valence-corrected chi connectivity index (χ1v) is 10.8. The van der Waals surface area contributed by atoms with Gasteiger partial charge >= 0.3 is 5.57 Å². The maximum atomic E-state index is 13.8. The summed E-state index contributed by atoms with van der Waals surface area (Å²) in [5.41, 5.74) is -2.36. The van der Waals surface area contributed by atoms with Crippen molar-refractivity contribution in [2.24, 2.45) is 0 Å². The number of amides is 1. The van der Waals surface area contributed by atoms with E-state index in [4.69, 9.17) is 11.6 Å². The summed E-state index contributed by atoms with van der Waals surface area (Å²) in [6.07, 6.45) is 4.54. The van der Waals surface area contributed by atoms with E-state index in [2.05, 4.69) is 25.7 Å². The Balaban J connectivity index is 1.56. The highest BCUT2D eigenvalue weighted by Gasteiger charge is 2.30. The molecular weight excluding hydrogens is 459 g/mol. The molecule has 7 nitrogen and oxygen atoms in total. The third-order valence-corrected chi connectivity index (χ3v) is 5.56. The molecule has 2 aromatic rings. The van der Waals surface area contributed by atoms with Crippen LogP contribution in [0.15, 0.2) is 48.9 Å². The molecule has 1 fully saturated rings. The number of hydrogen-bond donors (Lipinski definition) is 3.